The molecule has 106 valence electrons. The van der Waals surface area contributed by atoms with Gasteiger partial charge in [-0.15, -0.1) is 0 Å². The number of carboxylic acids is 1. The zero-order valence-corrected chi connectivity index (χ0v) is 11.7. The normalized spacial score (nSPS) is 11.4. The topological polar surface area (TPSA) is 71.4 Å². The summed E-state index contributed by atoms with van der Waals surface area (Å²) in [5.74, 6) is -0.609. The summed E-state index contributed by atoms with van der Waals surface area (Å²) in [7, 11) is -3.16. The van der Waals surface area contributed by atoms with Crippen molar-refractivity contribution in [2.24, 2.45) is 0 Å². The second-order valence-corrected chi connectivity index (χ2v) is 6.65. The van der Waals surface area contributed by atoms with Gasteiger partial charge in [0.2, 0.25) is 0 Å². The van der Waals surface area contributed by atoms with Crippen molar-refractivity contribution < 1.29 is 18.3 Å². The van der Waals surface area contributed by atoms with Gasteiger partial charge in [0, 0.05) is 6.42 Å². The molecule has 0 aliphatic heterocycles. The van der Waals surface area contributed by atoms with E-state index in [0.29, 0.717) is 17.7 Å². The van der Waals surface area contributed by atoms with Gasteiger partial charge >= 0.3 is 5.97 Å². The van der Waals surface area contributed by atoms with Crippen LogP contribution in [-0.2, 0) is 14.6 Å². The molecular formula is C14H20O4S. The van der Waals surface area contributed by atoms with E-state index in [9.17, 15) is 13.2 Å². The smallest absolute Gasteiger partial charge is 0.303 e. The molecule has 0 spiro atoms. The SMILES string of the molecule is O=C(O)CCCCCCCS(=O)(=O)c1ccccc1. The second kappa shape index (κ2) is 7.94. The fourth-order valence-corrected chi connectivity index (χ4v) is 3.24. The number of hydrogen-bond acceptors (Lipinski definition) is 3. The van der Waals surface area contributed by atoms with Crippen LogP contribution in [0.25, 0.3) is 0 Å². The van der Waals surface area contributed by atoms with E-state index in [2.05, 4.69) is 0 Å². The molecule has 19 heavy (non-hydrogen) atoms. The third-order valence-electron chi connectivity index (χ3n) is 2.91. The highest BCUT2D eigenvalue weighted by atomic mass is 32.2. The molecule has 0 aliphatic rings. The van der Waals surface area contributed by atoms with Crippen molar-refractivity contribution in [2.75, 3.05) is 5.75 Å². The molecule has 0 fully saturated rings. The molecule has 1 rings (SSSR count). The molecule has 0 saturated heterocycles. The maximum Gasteiger partial charge on any atom is 0.303 e. The summed E-state index contributed by atoms with van der Waals surface area (Å²) in [6.07, 6.45) is 4.05. The highest BCUT2D eigenvalue weighted by Crippen LogP contribution is 2.13. The Morgan fingerprint density at radius 2 is 1.53 bits per heavy atom. The van der Waals surface area contributed by atoms with Crippen molar-refractivity contribution in [3.8, 4) is 0 Å². The summed E-state index contributed by atoms with van der Waals surface area (Å²) in [4.78, 5) is 10.7. The van der Waals surface area contributed by atoms with Crippen molar-refractivity contribution in [1.29, 1.82) is 0 Å². The number of hydrogen-bond donors (Lipinski definition) is 1. The van der Waals surface area contributed by atoms with Crippen molar-refractivity contribution in [2.45, 2.75) is 43.4 Å². The minimum absolute atomic E-state index is 0.163. The Hall–Kier alpha value is -1.36. The van der Waals surface area contributed by atoms with Gasteiger partial charge < -0.3 is 5.11 Å². The molecule has 4 nitrogen and oxygen atoms in total. The van der Waals surface area contributed by atoms with E-state index in [1.807, 2.05) is 0 Å². The van der Waals surface area contributed by atoms with Gasteiger partial charge in [-0.2, -0.15) is 0 Å². The number of sulfone groups is 1. The van der Waals surface area contributed by atoms with Gasteiger partial charge in [-0.1, -0.05) is 37.5 Å². The first kappa shape index (κ1) is 15.7. The summed E-state index contributed by atoms with van der Waals surface area (Å²) in [5.41, 5.74) is 0. The molecule has 0 amide bonds. The van der Waals surface area contributed by atoms with Crippen LogP contribution in [0.2, 0.25) is 0 Å². The Bertz CT molecular complexity index is 479. The van der Waals surface area contributed by atoms with Crippen LogP contribution >= 0.6 is 0 Å². The predicted octanol–water partition coefficient (Wildman–Crippen LogP) is 2.89. The minimum atomic E-state index is -3.16. The highest BCUT2D eigenvalue weighted by Gasteiger charge is 2.12. The molecule has 0 saturated carbocycles. The minimum Gasteiger partial charge on any atom is -0.481 e. The van der Waals surface area contributed by atoms with Crippen LogP contribution in [0.5, 0.6) is 0 Å². The number of carbonyl (C=O) groups is 1. The maximum atomic E-state index is 11.9. The molecule has 0 aliphatic carbocycles. The lowest BCUT2D eigenvalue weighted by atomic mass is 10.1. The van der Waals surface area contributed by atoms with Crippen LogP contribution < -0.4 is 0 Å². The van der Waals surface area contributed by atoms with Gasteiger partial charge in [-0.05, 0) is 25.0 Å². The molecule has 1 N–H and O–H groups in total. The first-order valence-electron chi connectivity index (χ1n) is 6.52. The molecular weight excluding hydrogens is 264 g/mol. The summed E-state index contributed by atoms with van der Waals surface area (Å²) < 4.78 is 23.9. The van der Waals surface area contributed by atoms with Gasteiger partial charge in [-0.3, -0.25) is 4.79 Å². The van der Waals surface area contributed by atoms with Crippen LogP contribution in [0.4, 0.5) is 0 Å². The Balaban J connectivity index is 2.21. The van der Waals surface area contributed by atoms with E-state index >= 15 is 0 Å². The first-order chi connectivity index (χ1) is 9.02. The van der Waals surface area contributed by atoms with Crippen molar-refractivity contribution in [3.05, 3.63) is 30.3 Å². The van der Waals surface area contributed by atoms with Crippen molar-refractivity contribution in [3.63, 3.8) is 0 Å². The Morgan fingerprint density at radius 3 is 2.16 bits per heavy atom. The van der Waals surface area contributed by atoms with Gasteiger partial charge in [-0.25, -0.2) is 8.42 Å². The molecule has 0 heterocycles. The van der Waals surface area contributed by atoms with E-state index in [4.69, 9.17) is 5.11 Å². The van der Waals surface area contributed by atoms with Crippen molar-refractivity contribution >= 4 is 15.8 Å². The Labute approximate surface area is 114 Å². The van der Waals surface area contributed by atoms with Gasteiger partial charge in [0.15, 0.2) is 9.84 Å². The molecule has 0 bridgehead atoms. The quantitative estimate of drug-likeness (QED) is 0.708. The summed E-state index contributed by atoms with van der Waals surface area (Å²) in [5, 5.41) is 8.47. The average molecular weight is 284 g/mol. The lowest BCUT2D eigenvalue weighted by molar-refractivity contribution is -0.137. The standard InChI is InChI=1S/C14H20O4S/c15-14(16)11-7-2-1-3-8-12-19(17,18)13-9-5-4-6-10-13/h4-6,9-10H,1-3,7-8,11-12H2,(H,15,16). The van der Waals surface area contributed by atoms with E-state index in [0.717, 1.165) is 19.3 Å². The fourth-order valence-electron chi connectivity index (χ4n) is 1.84. The van der Waals surface area contributed by atoms with E-state index < -0.39 is 15.8 Å². The fraction of sp³-hybridized carbons (Fsp3) is 0.500. The number of aliphatic carboxylic acids is 1. The second-order valence-electron chi connectivity index (χ2n) is 4.54. The van der Waals surface area contributed by atoms with Crippen LogP contribution in [0.3, 0.4) is 0 Å². The summed E-state index contributed by atoms with van der Waals surface area (Å²) in [6, 6.07) is 8.46. The van der Waals surface area contributed by atoms with Gasteiger partial charge in [0.25, 0.3) is 0 Å². The Kier molecular flexibility index (Phi) is 6.56. The number of benzene rings is 1. The lowest BCUT2D eigenvalue weighted by Crippen LogP contribution is -2.06. The summed E-state index contributed by atoms with van der Waals surface area (Å²) in [6.45, 7) is 0. The van der Waals surface area contributed by atoms with Crippen molar-refractivity contribution in [1.82, 2.24) is 0 Å². The number of carboxylic acid groups (broad SMARTS) is 1. The Morgan fingerprint density at radius 1 is 0.947 bits per heavy atom. The van der Waals surface area contributed by atoms with Crippen LogP contribution in [0.15, 0.2) is 35.2 Å². The largest absolute Gasteiger partial charge is 0.481 e. The molecule has 0 atom stereocenters. The average Bonchev–Trinajstić information content (AvgIpc) is 2.38. The van der Waals surface area contributed by atoms with Crippen LogP contribution in [0.1, 0.15) is 38.5 Å². The number of rotatable bonds is 9. The molecule has 0 unspecified atom stereocenters. The lowest BCUT2D eigenvalue weighted by Gasteiger charge is -2.04. The van der Waals surface area contributed by atoms with Gasteiger partial charge in [0.1, 0.15) is 0 Å². The maximum absolute atomic E-state index is 11.9. The highest BCUT2D eigenvalue weighted by molar-refractivity contribution is 7.91. The molecule has 5 heteroatoms. The number of unbranched alkanes of at least 4 members (excludes halogenated alkanes) is 4. The molecule has 1 aromatic rings. The monoisotopic (exact) mass is 284 g/mol. The summed E-state index contributed by atoms with van der Waals surface area (Å²) >= 11 is 0. The van der Waals surface area contributed by atoms with E-state index in [1.54, 1.807) is 30.3 Å². The van der Waals surface area contributed by atoms with Gasteiger partial charge in [0.05, 0.1) is 10.6 Å². The molecule has 1 aromatic carbocycles. The first-order valence-corrected chi connectivity index (χ1v) is 8.17. The van der Waals surface area contributed by atoms with E-state index in [-0.39, 0.29) is 12.2 Å². The predicted molar refractivity (Wildman–Crippen MR) is 73.8 cm³/mol. The molecule has 0 aromatic heterocycles. The molecule has 0 radical (unpaired) electrons. The zero-order valence-electron chi connectivity index (χ0n) is 10.9. The zero-order chi connectivity index (χ0) is 14.1. The van der Waals surface area contributed by atoms with Crippen LogP contribution in [-0.4, -0.2) is 25.2 Å². The third kappa shape index (κ3) is 6.38. The third-order valence-corrected chi connectivity index (χ3v) is 4.72. The van der Waals surface area contributed by atoms with E-state index in [1.165, 1.54) is 0 Å². The van der Waals surface area contributed by atoms with Crippen LogP contribution in [0, 0.1) is 0 Å².